The Kier molecular flexibility index (Phi) is 4.51. The molecule has 7 heteroatoms. The summed E-state index contributed by atoms with van der Waals surface area (Å²) in [5, 5.41) is -0.150. The first kappa shape index (κ1) is 15.8. The van der Waals surface area contributed by atoms with Gasteiger partial charge in [0.15, 0.2) is 0 Å². The number of rotatable bonds is 4. The second-order valence-corrected chi connectivity index (χ2v) is 6.60. The lowest BCUT2D eigenvalue weighted by atomic mass is 10.1. The third-order valence-corrected chi connectivity index (χ3v) is 4.76. The number of nitrogens with two attached hydrogens (primary N) is 1. The Balaban J connectivity index is 2.40. The van der Waals surface area contributed by atoms with E-state index in [4.69, 9.17) is 17.3 Å². The highest BCUT2D eigenvalue weighted by atomic mass is 35.5. The SMILES string of the molecule is Cc1ccc(CN)cc1S(=O)(=O)Nc1ccc(F)c(Cl)c1. The van der Waals surface area contributed by atoms with Crippen LogP contribution < -0.4 is 10.5 Å². The fourth-order valence-electron chi connectivity index (χ4n) is 1.83. The van der Waals surface area contributed by atoms with E-state index in [0.29, 0.717) is 11.1 Å². The molecular weight excluding hydrogens is 315 g/mol. The Hall–Kier alpha value is -1.63. The molecular formula is C14H14ClFN2O2S. The highest BCUT2D eigenvalue weighted by Crippen LogP contribution is 2.24. The molecule has 0 unspecified atom stereocenters. The van der Waals surface area contributed by atoms with Crippen LogP contribution in [0.5, 0.6) is 0 Å². The molecule has 0 saturated carbocycles. The molecule has 2 rings (SSSR count). The third kappa shape index (κ3) is 3.53. The van der Waals surface area contributed by atoms with Gasteiger partial charge in [0.05, 0.1) is 15.6 Å². The van der Waals surface area contributed by atoms with Crippen molar-refractivity contribution in [1.82, 2.24) is 0 Å². The fraction of sp³-hybridized carbons (Fsp3) is 0.143. The van der Waals surface area contributed by atoms with Crippen molar-refractivity contribution in [1.29, 1.82) is 0 Å². The van der Waals surface area contributed by atoms with Crippen LogP contribution in [0.25, 0.3) is 0 Å². The molecule has 0 aliphatic rings. The maximum Gasteiger partial charge on any atom is 0.262 e. The Morgan fingerprint density at radius 1 is 1.24 bits per heavy atom. The number of aryl methyl sites for hydroxylation is 1. The van der Waals surface area contributed by atoms with Crippen LogP contribution in [0.15, 0.2) is 41.3 Å². The maximum atomic E-state index is 13.1. The summed E-state index contributed by atoms with van der Waals surface area (Å²) < 4.78 is 40.3. The number of anilines is 1. The number of benzene rings is 2. The second-order valence-electron chi connectivity index (χ2n) is 4.54. The van der Waals surface area contributed by atoms with Crippen LogP contribution in [0.1, 0.15) is 11.1 Å². The predicted octanol–water partition coefficient (Wildman–Crippen LogP) is 3.05. The molecule has 0 fully saturated rings. The smallest absolute Gasteiger partial charge is 0.262 e. The Morgan fingerprint density at radius 3 is 2.57 bits per heavy atom. The van der Waals surface area contributed by atoms with Crippen molar-refractivity contribution in [3.05, 3.63) is 58.4 Å². The van der Waals surface area contributed by atoms with E-state index in [2.05, 4.69) is 4.72 Å². The summed E-state index contributed by atoms with van der Waals surface area (Å²) in [7, 11) is -3.79. The molecule has 0 aromatic heterocycles. The van der Waals surface area contributed by atoms with Gasteiger partial charge in [-0.2, -0.15) is 0 Å². The van der Waals surface area contributed by atoms with E-state index in [-0.39, 0.29) is 22.2 Å². The Bertz CT molecular complexity index is 779. The van der Waals surface area contributed by atoms with E-state index in [1.54, 1.807) is 19.1 Å². The highest BCUT2D eigenvalue weighted by Gasteiger charge is 2.18. The second kappa shape index (κ2) is 6.01. The third-order valence-electron chi connectivity index (χ3n) is 2.95. The zero-order valence-electron chi connectivity index (χ0n) is 11.2. The van der Waals surface area contributed by atoms with Gasteiger partial charge in [0.2, 0.25) is 0 Å². The largest absolute Gasteiger partial charge is 0.326 e. The molecule has 0 saturated heterocycles. The highest BCUT2D eigenvalue weighted by molar-refractivity contribution is 7.92. The molecule has 112 valence electrons. The van der Waals surface area contributed by atoms with Crippen LogP contribution in [-0.4, -0.2) is 8.42 Å². The van der Waals surface area contributed by atoms with Gasteiger partial charge in [-0.25, -0.2) is 12.8 Å². The molecule has 0 heterocycles. The summed E-state index contributed by atoms with van der Waals surface area (Å²) in [5.74, 6) is -0.610. The van der Waals surface area contributed by atoms with E-state index in [0.717, 1.165) is 6.07 Å². The number of sulfonamides is 1. The standard InChI is InChI=1S/C14H14ClFN2O2S/c1-9-2-3-10(8-17)6-14(9)21(19,20)18-11-4-5-13(16)12(15)7-11/h2-7,18H,8,17H2,1H3. The average molecular weight is 329 g/mol. The van der Waals surface area contributed by atoms with Crippen molar-refractivity contribution in [3.8, 4) is 0 Å². The van der Waals surface area contributed by atoms with E-state index in [1.165, 1.54) is 18.2 Å². The van der Waals surface area contributed by atoms with Crippen molar-refractivity contribution >= 4 is 27.3 Å². The van der Waals surface area contributed by atoms with Crippen molar-refractivity contribution in [3.63, 3.8) is 0 Å². The first-order chi connectivity index (χ1) is 9.83. The summed E-state index contributed by atoms with van der Waals surface area (Å²) in [4.78, 5) is 0.130. The van der Waals surface area contributed by atoms with Crippen molar-refractivity contribution in [2.45, 2.75) is 18.4 Å². The molecule has 0 radical (unpaired) electrons. The minimum absolute atomic E-state index is 0.130. The Morgan fingerprint density at radius 2 is 1.95 bits per heavy atom. The van der Waals surface area contributed by atoms with Gasteiger partial charge in [0.1, 0.15) is 5.82 Å². The van der Waals surface area contributed by atoms with Crippen molar-refractivity contribution < 1.29 is 12.8 Å². The summed E-state index contributed by atoms with van der Waals surface area (Å²) in [6, 6.07) is 8.60. The van der Waals surface area contributed by atoms with E-state index >= 15 is 0 Å². The minimum atomic E-state index is -3.79. The van der Waals surface area contributed by atoms with Gasteiger partial charge >= 0.3 is 0 Å². The molecule has 0 amide bonds. The van der Waals surface area contributed by atoms with Crippen molar-refractivity contribution in [2.24, 2.45) is 5.73 Å². The number of hydrogen-bond acceptors (Lipinski definition) is 3. The average Bonchev–Trinajstić information content (AvgIpc) is 2.43. The molecule has 0 aliphatic carbocycles. The lowest BCUT2D eigenvalue weighted by molar-refractivity contribution is 0.600. The first-order valence-corrected chi connectivity index (χ1v) is 7.97. The van der Waals surface area contributed by atoms with Gasteiger partial charge in [-0.1, -0.05) is 23.7 Å². The Labute approximate surface area is 127 Å². The van der Waals surface area contributed by atoms with Gasteiger partial charge in [0, 0.05) is 6.54 Å². The quantitative estimate of drug-likeness (QED) is 0.906. The van der Waals surface area contributed by atoms with E-state index in [1.807, 2.05) is 0 Å². The molecule has 3 N–H and O–H groups in total. The molecule has 2 aromatic rings. The summed E-state index contributed by atoms with van der Waals surface area (Å²) in [5.41, 5.74) is 7.02. The number of nitrogens with one attached hydrogen (secondary N) is 1. The van der Waals surface area contributed by atoms with Crippen LogP contribution in [0.3, 0.4) is 0 Å². The molecule has 0 aliphatic heterocycles. The normalized spacial score (nSPS) is 11.4. The van der Waals surface area contributed by atoms with E-state index < -0.39 is 15.8 Å². The van der Waals surface area contributed by atoms with Crippen LogP contribution in [-0.2, 0) is 16.6 Å². The van der Waals surface area contributed by atoms with Gasteiger partial charge in [-0.3, -0.25) is 4.72 Å². The van der Waals surface area contributed by atoms with Gasteiger partial charge in [-0.05, 0) is 42.3 Å². The van der Waals surface area contributed by atoms with Gasteiger partial charge in [-0.15, -0.1) is 0 Å². The first-order valence-electron chi connectivity index (χ1n) is 6.11. The number of hydrogen-bond donors (Lipinski definition) is 2. The summed E-state index contributed by atoms with van der Waals surface area (Å²) >= 11 is 5.64. The lowest BCUT2D eigenvalue weighted by Gasteiger charge is -2.12. The van der Waals surface area contributed by atoms with Crippen LogP contribution >= 0.6 is 11.6 Å². The van der Waals surface area contributed by atoms with E-state index in [9.17, 15) is 12.8 Å². The van der Waals surface area contributed by atoms with Crippen LogP contribution in [0.2, 0.25) is 5.02 Å². The summed E-state index contributed by atoms with van der Waals surface area (Å²) in [6.45, 7) is 1.93. The fourth-order valence-corrected chi connectivity index (χ4v) is 3.36. The topological polar surface area (TPSA) is 72.2 Å². The molecule has 0 atom stereocenters. The maximum absolute atomic E-state index is 13.1. The monoisotopic (exact) mass is 328 g/mol. The molecule has 21 heavy (non-hydrogen) atoms. The zero-order valence-corrected chi connectivity index (χ0v) is 12.8. The number of halogens is 2. The predicted molar refractivity (Wildman–Crippen MR) is 81.3 cm³/mol. The van der Waals surface area contributed by atoms with Gasteiger partial charge in [0.25, 0.3) is 10.0 Å². The summed E-state index contributed by atoms with van der Waals surface area (Å²) in [6.07, 6.45) is 0. The molecule has 4 nitrogen and oxygen atoms in total. The lowest BCUT2D eigenvalue weighted by Crippen LogP contribution is -2.15. The van der Waals surface area contributed by atoms with Crippen LogP contribution in [0.4, 0.5) is 10.1 Å². The van der Waals surface area contributed by atoms with Crippen molar-refractivity contribution in [2.75, 3.05) is 4.72 Å². The van der Waals surface area contributed by atoms with Gasteiger partial charge < -0.3 is 5.73 Å². The molecule has 0 spiro atoms. The zero-order chi connectivity index (χ0) is 15.6. The molecule has 2 aromatic carbocycles. The molecule has 0 bridgehead atoms. The van der Waals surface area contributed by atoms with Crippen LogP contribution in [0, 0.1) is 12.7 Å². The minimum Gasteiger partial charge on any atom is -0.326 e.